The predicted octanol–water partition coefficient (Wildman–Crippen LogP) is 2.54. The summed E-state index contributed by atoms with van der Waals surface area (Å²) in [4.78, 5) is 18.8. The Morgan fingerprint density at radius 3 is 2.78 bits per heavy atom. The molecular weight excluding hydrogens is 346 g/mol. The molecule has 1 aromatic carbocycles. The Balaban J connectivity index is 1.82. The van der Waals surface area contributed by atoms with Crippen molar-refractivity contribution in [2.45, 2.75) is 26.8 Å². The lowest BCUT2D eigenvalue weighted by Crippen LogP contribution is -2.30. The number of nitrogens with one attached hydrogen (secondary N) is 1. The van der Waals surface area contributed by atoms with E-state index in [9.17, 15) is 4.79 Å². The molecule has 2 heterocycles. The van der Waals surface area contributed by atoms with E-state index in [1.807, 2.05) is 26.0 Å². The molecule has 1 aromatic heterocycles. The first-order valence-corrected chi connectivity index (χ1v) is 9.10. The Morgan fingerprint density at radius 1 is 1.33 bits per heavy atom. The lowest BCUT2D eigenvalue weighted by molar-refractivity contribution is -0.124. The van der Waals surface area contributed by atoms with E-state index < -0.39 is 0 Å². The average molecular weight is 373 g/mol. The predicted molar refractivity (Wildman–Crippen MR) is 102 cm³/mol. The molecule has 0 aliphatic carbocycles. The second-order valence-electron chi connectivity index (χ2n) is 6.83. The zero-order valence-electron chi connectivity index (χ0n) is 16.6. The van der Waals surface area contributed by atoms with Crippen LogP contribution >= 0.6 is 0 Å². The van der Waals surface area contributed by atoms with Gasteiger partial charge in [0.25, 0.3) is 0 Å². The molecule has 3 rings (SSSR count). The van der Waals surface area contributed by atoms with Crippen LogP contribution in [0.2, 0.25) is 0 Å². The third-order valence-corrected chi connectivity index (χ3v) is 5.17. The Labute approximate surface area is 159 Å². The fourth-order valence-corrected chi connectivity index (χ4v) is 3.62. The molecule has 7 nitrogen and oxygen atoms in total. The quantitative estimate of drug-likeness (QED) is 0.839. The number of rotatable bonds is 6. The van der Waals surface area contributed by atoms with Gasteiger partial charge in [0.2, 0.25) is 11.8 Å². The fourth-order valence-electron chi connectivity index (χ4n) is 3.62. The first kappa shape index (κ1) is 19.2. The minimum Gasteiger partial charge on any atom is -0.496 e. The highest BCUT2D eigenvalue weighted by Gasteiger charge is 2.29. The van der Waals surface area contributed by atoms with Gasteiger partial charge >= 0.3 is 0 Å². The Morgan fingerprint density at radius 2 is 2.11 bits per heavy atom. The van der Waals surface area contributed by atoms with Crippen LogP contribution in [0.25, 0.3) is 11.5 Å². The molecule has 1 aliphatic rings. The molecule has 0 bridgehead atoms. The largest absolute Gasteiger partial charge is 0.496 e. The number of oxazole rings is 1. The van der Waals surface area contributed by atoms with E-state index in [0.717, 1.165) is 47.8 Å². The molecule has 1 N–H and O–H groups in total. The number of likely N-dealkylation sites (tertiary alicyclic amines) is 1. The molecule has 0 saturated carbocycles. The second-order valence-corrected chi connectivity index (χ2v) is 6.83. The number of carbonyl (C=O) groups excluding carboxylic acids is 1. The summed E-state index contributed by atoms with van der Waals surface area (Å²) in [7, 11) is 4.95. The molecule has 0 radical (unpaired) electrons. The molecular formula is C20H27N3O4. The van der Waals surface area contributed by atoms with Crippen LogP contribution in [0.3, 0.4) is 0 Å². The number of benzene rings is 1. The van der Waals surface area contributed by atoms with Crippen molar-refractivity contribution in [3.05, 3.63) is 29.2 Å². The maximum Gasteiger partial charge on any atom is 0.230 e. The highest BCUT2D eigenvalue weighted by molar-refractivity contribution is 5.78. The van der Waals surface area contributed by atoms with Crippen molar-refractivity contribution in [2.75, 3.05) is 34.4 Å². The maximum absolute atomic E-state index is 11.8. The minimum atomic E-state index is 0.0472. The number of carbonyl (C=O) groups is 1. The highest BCUT2D eigenvalue weighted by atomic mass is 16.5. The third-order valence-electron chi connectivity index (χ3n) is 5.17. The zero-order valence-corrected chi connectivity index (χ0v) is 16.6. The summed E-state index contributed by atoms with van der Waals surface area (Å²) in [5.41, 5.74) is 2.59. The molecule has 146 valence electrons. The van der Waals surface area contributed by atoms with Crippen LogP contribution < -0.4 is 14.8 Å². The van der Waals surface area contributed by atoms with E-state index in [4.69, 9.17) is 18.9 Å². The van der Waals surface area contributed by atoms with Crippen molar-refractivity contribution in [2.24, 2.45) is 5.92 Å². The molecule has 1 saturated heterocycles. The number of nitrogens with zero attached hydrogens (tertiary/aromatic N) is 2. The van der Waals surface area contributed by atoms with Crippen molar-refractivity contribution >= 4 is 5.91 Å². The lowest BCUT2D eigenvalue weighted by Gasteiger charge is -2.14. The zero-order chi connectivity index (χ0) is 19.6. The minimum absolute atomic E-state index is 0.0472. The van der Waals surface area contributed by atoms with Crippen LogP contribution in [-0.4, -0.2) is 50.1 Å². The number of aromatic nitrogens is 1. The molecule has 0 spiro atoms. The lowest BCUT2D eigenvalue weighted by atomic mass is 10.1. The summed E-state index contributed by atoms with van der Waals surface area (Å²) in [6.07, 6.45) is 0.870. The van der Waals surface area contributed by atoms with E-state index in [1.165, 1.54) is 0 Å². The van der Waals surface area contributed by atoms with Gasteiger partial charge in [-0.3, -0.25) is 9.69 Å². The normalized spacial score (nSPS) is 17.1. The van der Waals surface area contributed by atoms with Gasteiger partial charge in [-0.1, -0.05) is 0 Å². The van der Waals surface area contributed by atoms with Crippen LogP contribution in [0.4, 0.5) is 0 Å². The first-order chi connectivity index (χ1) is 13.0. The molecule has 27 heavy (non-hydrogen) atoms. The maximum atomic E-state index is 11.8. The summed E-state index contributed by atoms with van der Waals surface area (Å²) in [6, 6.07) is 3.79. The number of amides is 1. The van der Waals surface area contributed by atoms with Crippen LogP contribution in [0.5, 0.6) is 11.5 Å². The molecule has 7 heteroatoms. The second kappa shape index (κ2) is 8.00. The van der Waals surface area contributed by atoms with Gasteiger partial charge in [0.1, 0.15) is 17.3 Å². The number of hydrogen-bond acceptors (Lipinski definition) is 6. The molecule has 1 fully saturated rings. The summed E-state index contributed by atoms with van der Waals surface area (Å²) in [5, 5.41) is 2.73. The van der Waals surface area contributed by atoms with Crippen LogP contribution in [-0.2, 0) is 11.3 Å². The summed E-state index contributed by atoms with van der Waals surface area (Å²) >= 11 is 0. The molecule has 1 aliphatic heterocycles. The van der Waals surface area contributed by atoms with Gasteiger partial charge in [0.05, 0.1) is 31.4 Å². The Kier molecular flexibility index (Phi) is 5.70. The number of methoxy groups -OCH3 is 2. The van der Waals surface area contributed by atoms with Gasteiger partial charge in [-0.25, -0.2) is 4.98 Å². The number of hydrogen-bond donors (Lipinski definition) is 1. The molecule has 2 aromatic rings. The SMILES string of the molecule is CNC(=O)C1CCN(Cc2nc(-c3ccc(OC)c(C)c3OC)oc2C)C1. The van der Waals surface area contributed by atoms with Crippen molar-refractivity contribution < 1.29 is 18.7 Å². The van der Waals surface area contributed by atoms with E-state index in [2.05, 4.69) is 10.2 Å². The fraction of sp³-hybridized carbons (Fsp3) is 0.500. The van der Waals surface area contributed by atoms with Gasteiger partial charge in [0.15, 0.2) is 0 Å². The van der Waals surface area contributed by atoms with Gasteiger partial charge in [-0.05, 0) is 38.9 Å². The van der Waals surface area contributed by atoms with Crippen LogP contribution in [0, 0.1) is 19.8 Å². The smallest absolute Gasteiger partial charge is 0.230 e. The van der Waals surface area contributed by atoms with Crippen molar-refractivity contribution in [3.8, 4) is 23.0 Å². The number of ether oxygens (including phenoxy) is 2. The monoisotopic (exact) mass is 373 g/mol. The van der Waals surface area contributed by atoms with Crippen LogP contribution in [0.1, 0.15) is 23.4 Å². The third kappa shape index (κ3) is 3.78. The number of aryl methyl sites for hydroxylation is 1. The molecule has 1 atom stereocenters. The van der Waals surface area contributed by atoms with E-state index >= 15 is 0 Å². The Bertz CT molecular complexity index is 831. The standard InChI is InChI=1S/C20H27N3O4/c1-12-17(25-4)7-6-15(18(12)26-5)20-22-16(13(2)27-20)11-23-9-8-14(10-23)19(24)21-3/h6-7,14H,8-11H2,1-5H3,(H,21,24). The van der Waals surface area contributed by atoms with E-state index in [-0.39, 0.29) is 11.8 Å². The summed E-state index contributed by atoms with van der Waals surface area (Å²) < 4.78 is 16.9. The van der Waals surface area contributed by atoms with Crippen molar-refractivity contribution in [3.63, 3.8) is 0 Å². The Hall–Kier alpha value is -2.54. The summed E-state index contributed by atoms with van der Waals surface area (Å²) in [5.74, 6) is 2.93. The first-order valence-electron chi connectivity index (χ1n) is 9.10. The molecule has 1 amide bonds. The average Bonchev–Trinajstić information content (AvgIpc) is 3.28. The van der Waals surface area contributed by atoms with Crippen molar-refractivity contribution in [1.29, 1.82) is 0 Å². The van der Waals surface area contributed by atoms with Gasteiger partial charge in [0, 0.05) is 25.7 Å². The topological polar surface area (TPSA) is 76.8 Å². The summed E-state index contributed by atoms with van der Waals surface area (Å²) in [6.45, 7) is 6.15. The molecule has 1 unspecified atom stereocenters. The van der Waals surface area contributed by atoms with E-state index in [0.29, 0.717) is 18.2 Å². The highest BCUT2D eigenvalue weighted by Crippen LogP contribution is 2.38. The van der Waals surface area contributed by atoms with E-state index in [1.54, 1.807) is 21.3 Å². The van der Waals surface area contributed by atoms with Gasteiger partial charge in [-0.2, -0.15) is 0 Å². The van der Waals surface area contributed by atoms with Crippen molar-refractivity contribution in [1.82, 2.24) is 15.2 Å². The van der Waals surface area contributed by atoms with Crippen LogP contribution in [0.15, 0.2) is 16.5 Å². The van der Waals surface area contributed by atoms with Gasteiger partial charge in [-0.15, -0.1) is 0 Å². The van der Waals surface area contributed by atoms with Gasteiger partial charge < -0.3 is 19.2 Å².